The minimum absolute atomic E-state index is 0.000988. The van der Waals surface area contributed by atoms with Crippen molar-refractivity contribution in [3.05, 3.63) is 31.8 Å². The van der Waals surface area contributed by atoms with Crippen LogP contribution in [0.25, 0.3) is 0 Å². The number of rotatable bonds is 7. The van der Waals surface area contributed by atoms with Crippen molar-refractivity contribution in [2.75, 3.05) is 11.9 Å². The molecule has 0 heterocycles. The number of alkyl halides is 1. The summed E-state index contributed by atoms with van der Waals surface area (Å²) in [5.74, 6) is 0.552. The summed E-state index contributed by atoms with van der Waals surface area (Å²) in [5.41, 5.74) is 0.709. The number of benzene rings is 1. The van der Waals surface area contributed by atoms with Crippen molar-refractivity contribution in [3.63, 3.8) is 0 Å². The van der Waals surface area contributed by atoms with Gasteiger partial charge in [0.15, 0.2) is 0 Å². The Kier molecular flexibility index (Phi) is 8.57. The van der Waals surface area contributed by atoms with Crippen LogP contribution in [0.1, 0.15) is 36.5 Å². The van der Waals surface area contributed by atoms with Crippen LogP contribution in [-0.2, 0) is 0 Å². The van der Waals surface area contributed by atoms with Gasteiger partial charge in [-0.25, -0.2) is 0 Å². The van der Waals surface area contributed by atoms with Crippen LogP contribution in [0.15, 0.2) is 22.7 Å². The Morgan fingerprint density at radius 3 is 2.79 bits per heavy atom. The summed E-state index contributed by atoms with van der Waals surface area (Å²) >= 11 is 9.12. The van der Waals surface area contributed by atoms with Crippen LogP contribution in [0, 0.1) is 9.49 Å². The average molecular weight is 503 g/mol. The van der Waals surface area contributed by atoms with E-state index in [4.69, 9.17) is 0 Å². The first-order valence-electron chi connectivity index (χ1n) is 6.37. The van der Waals surface area contributed by atoms with E-state index in [0.717, 1.165) is 39.2 Å². The van der Waals surface area contributed by atoms with Crippen molar-refractivity contribution in [2.45, 2.75) is 26.2 Å². The van der Waals surface area contributed by atoms with Crippen LogP contribution in [0.2, 0.25) is 0 Å². The Morgan fingerprint density at radius 1 is 1.42 bits per heavy atom. The van der Waals surface area contributed by atoms with Crippen LogP contribution < -0.4 is 5.32 Å². The first-order valence-corrected chi connectivity index (χ1v) is 9.37. The van der Waals surface area contributed by atoms with E-state index >= 15 is 0 Å². The van der Waals surface area contributed by atoms with Crippen LogP contribution in [0.4, 0.5) is 0 Å². The minimum Gasteiger partial charge on any atom is -0.352 e. The lowest BCUT2D eigenvalue weighted by molar-refractivity contribution is 0.0945. The van der Waals surface area contributed by atoms with Crippen molar-refractivity contribution >= 4 is 60.4 Å². The monoisotopic (exact) mass is 501 g/mol. The molecule has 0 aliphatic rings. The number of hydrogen-bond donors (Lipinski definition) is 1. The molecule has 106 valence electrons. The summed E-state index contributed by atoms with van der Waals surface area (Å²) in [5, 5.41) is 4.03. The van der Waals surface area contributed by atoms with Gasteiger partial charge in [0.1, 0.15) is 0 Å². The quantitative estimate of drug-likeness (QED) is 0.413. The molecular weight excluding hydrogens is 485 g/mol. The largest absolute Gasteiger partial charge is 0.352 e. The van der Waals surface area contributed by atoms with E-state index in [0.29, 0.717) is 11.5 Å². The molecule has 5 heteroatoms. The molecule has 1 unspecified atom stereocenters. The molecule has 1 N–H and O–H groups in total. The normalized spacial score (nSPS) is 12.2. The van der Waals surface area contributed by atoms with Crippen LogP contribution in [0.5, 0.6) is 0 Å². The third-order valence-electron chi connectivity index (χ3n) is 2.94. The predicted octanol–water partition coefficient (Wildman–Crippen LogP) is 4.98. The molecule has 0 aliphatic heterocycles. The molecular formula is C14H18Br2INO. The van der Waals surface area contributed by atoms with Gasteiger partial charge < -0.3 is 5.32 Å². The molecule has 1 aromatic rings. The smallest absolute Gasteiger partial charge is 0.252 e. The first kappa shape index (κ1) is 17.4. The number of carbonyl (C=O) groups is 1. The van der Waals surface area contributed by atoms with E-state index in [-0.39, 0.29) is 5.91 Å². The maximum absolute atomic E-state index is 12.2. The van der Waals surface area contributed by atoms with E-state index in [1.807, 2.05) is 18.2 Å². The first-order chi connectivity index (χ1) is 9.08. The highest BCUT2D eigenvalue weighted by molar-refractivity contribution is 14.1. The van der Waals surface area contributed by atoms with Crippen molar-refractivity contribution in [1.29, 1.82) is 0 Å². The standard InChI is InChI=1S/C14H18Br2INO/c1-2-3-10(6-7-15)9-18-14(19)12-8-11(17)4-5-13(12)16/h4-5,8,10H,2-3,6-7,9H2,1H3,(H,18,19). The van der Waals surface area contributed by atoms with Gasteiger partial charge in [-0.1, -0.05) is 29.3 Å². The molecule has 0 spiro atoms. The maximum atomic E-state index is 12.2. The topological polar surface area (TPSA) is 29.1 Å². The molecule has 1 amide bonds. The van der Waals surface area contributed by atoms with Gasteiger partial charge in [0.05, 0.1) is 5.56 Å². The fourth-order valence-corrected chi connectivity index (χ4v) is 3.48. The molecule has 0 radical (unpaired) electrons. The molecule has 1 rings (SSSR count). The van der Waals surface area contributed by atoms with Crippen LogP contribution >= 0.6 is 54.5 Å². The van der Waals surface area contributed by atoms with Crippen molar-refractivity contribution < 1.29 is 4.79 Å². The third-order valence-corrected chi connectivity index (χ3v) is 4.76. The average Bonchev–Trinajstić information content (AvgIpc) is 2.39. The van der Waals surface area contributed by atoms with E-state index in [1.165, 1.54) is 0 Å². The molecule has 0 saturated heterocycles. The van der Waals surface area contributed by atoms with Crippen LogP contribution in [0.3, 0.4) is 0 Å². The lowest BCUT2D eigenvalue weighted by Gasteiger charge is -2.16. The van der Waals surface area contributed by atoms with Gasteiger partial charge in [-0.3, -0.25) is 4.79 Å². The Labute approximate surface area is 145 Å². The summed E-state index contributed by atoms with van der Waals surface area (Å²) in [6.07, 6.45) is 3.40. The number of amides is 1. The van der Waals surface area contributed by atoms with Gasteiger partial charge in [0, 0.05) is 19.9 Å². The van der Waals surface area contributed by atoms with Gasteiger partial charge in [0.2, 0.25) is 0 Å². The zero-order chi connectivity index (χ0) is 14.3. The summed E-state index contributed by atoms with van der Waals surface area (Å²) in [6, 6.07) is 5.80. The van der Waals surface area contributed by atoms with Crippen LogP contribution in [-0.4, -0.2) is 17.8 Å². The second kappa shape index (κ2) is 9.34. The molecule has 19 heavy (non-hydrogen) atoms. The molecule has 1 atom stereocenters. The van der Waals surface area contributed by atoms with E-state index < -0.39 is 0 Å². The molecule has 1 aromatic carbocycles. The molecule has 0 fully saturated rings. The third kappa shape index (κ3) is 6.12. The highest BCUT2D eigenvalue weighted by Gasteiger charge is 2.13. The molecule has 0 bridgehead atoms. The summed E-state index contributed by atoms with van der Waals surface area (Å²) < 4.78 is 1.91. The molecule has 0 aliphatic carbocycles. The number of halogens is 3. The lowest BCUT2D eigenvalue weighted by atomic mass is 10.0. The zero-order valence-corrected chi connectivity index (χ0v) is 16.2. The minimum atomic E-state index is 0.000988. The molecule has 2 nitrogen and oxygen atoms in total. The second-order valence-corrected chi connectivity index (χ2v) is 7.36. The van der Waals surface area contributed by atoms with E-state index in [9.17, 15) is 4.79 Å². The number of hydrogen-bond acceptors (Lipinski definition) is 1. The molecule has 0 aromatic heterocycles. The summed E-state index contributed by atoms with van der Waals surface area (Å²) in [4.78, 5) is 12.2. The SMILES string of the molecule is CCCC(CCBr)CNC(=O)c1cc(I)ccc1Br. The van der Waals surface area contributed by atoms with E-state index in [1.54, 1.807) is 0 Å². The highest BCUT2D eigenvalue weighted by atomic mass is 127. The summed E-state index contributed by atoms with van der Waals surface area (Å²) in [6.45, 7) is 2.93. The van der Waals surface area contributed by atoms with Crippen molar-refractivity contribution in [1.82, 2.24) is 5.32 Å². The lowest BCUT2D eigenvalue weighted by Crippen LogP contribution is -2.29. The number of carbonyl (C=O) groups excluding carboxylic acids is 1. The fraction of sp³-hybridized carbons (Fsp3) is 0.500. The van der Waals surface area contributed by atoms with Gasteiger partial charge in [-0.05, 0) is 75.5 Å². The van der Waals surface area contributed by atoms with Gasteiger partial charge in [-0.2, -0.15) is 0 Å². The summed E-state index contributed by atoms with van der Waals surface area (Å²) in [7, 11) is 0. The Balaban J connectivity index is 2.61. The second-order valence-electron chi connectivity index (χ2n) is 4.47. The Hall–Kier alpha value is 0.380. The highest BCUT2D eigenvalue weighted by Crippen LogP contribution is 2.20. The van der Waals surface area contributed by atoms with E-state index in [2.05, 4.69) is 66.7 Å². The Bertz CT molecular complexity index is 420. The van der Waals surface area contributed by atoms with Crippen molar-refractivity contribution in [2.24, 2.45) is 5.92 Å². The molecule has 0 saturated carbocycles. The number of nitrogens with one attached hydrogen (secondary N) is 1. The zero-order valence-electron chi connectivity index (χ0n) is 10.9. The van der Waals surface area contributed by atoms with Gasteiger partial charge in [0.25, 0.3) is 5.91 Å². The fourth-order valence-electron chi connectivity index (χ4n) is 1.91. The van der Waals surface area contributed by atoms with Crippen molar-refractivity contribution in [3.8, 4) is 0 Å². The van der Waals surface area contributed by atoms with Gasteiger partial charge in [-0.15, -0.1) is 0 Å². The Morgan fingerprint density at radius 2 is 2.16 bits per heavy atom. The predicted molar refractivity (Wildman–Crippen MR) is 96.0 cm³/mol. The van der Waals surface area contributed by atoms with Gasteiger partial charge >= 0.3 is 0 Å². The maximum Gasteiger partial charge on any atom is 0.252 e.